The molecule has 0 radical (unpaired) electrons. The van der Waals surface area contributed by atoms with E-state index >= 15 is 0 Å². The van der Waals surface area contributed by atoms with Crippen LogP contribution in [0.5, 0.6) is 0 Å². The van der Waals surface area contributed by atoms with E-state index in [1.54, 1.807) is 72.8 Å². The second-order valence-electron chi connectivity index (χ2n) is 24.5. The van der Waals surface area contributed by atoms with E-state index in [0.29, 0.717) is 28.8 Å². The molecule has 9 aromatic carbocycles. The van der Waals surface area contributed by atoms with Gasteiger partial charge in [0.2, 0.25) is 19.2 Å². The lowest BCUT2D eigenvalue weighted by atomic mass is 9.76. The lowest BCUT2D eigenvalue weighted by Gasteiger charge is -2.44. The zero-order valence-electron chi connectivity index (χ0n) is 55.6. The van der Waals surface area contributed by atoms with Gasteiger partial charge in [0.25, 0.3) is 0 Å². The van der Waals surface area contributed by atoms with Gasteiger partial charge in [0.05, 0.1) is 11.8 Å². The summed E-state index contributed by atoms with van der Waals surface area (Å²) < 4.78 is 170. The van der Waals surface area contributed by atoms with Crippen molar-refractivity contribution in [3.63, 3.8) is 0 Å². The number of rotatable bonds is 17. The standard InChI is InChI=1S/C25H26F2N2O2S.C24H22ClF2N.C24H23F2NO.CHCl3.CH2F3NO2S.Cl2OS/c1-32(30,31)28-25(20-9-13-22(26)14-10-20,21-11-15-23(27)16-12-21)24-8-5-17-29(24)18-19-6-3-2-4-7-19;25-24(19-8-12-21(26)13-9-19,20-10-14-22(27)15-11-20)23-7-4-16-28(23)17-18-5-2-1-3-6-18;25-21-12-8-19(9-13-21)24(28,20-10-14-22(26)15-11-20)23-7-4-16-27(23)17-18-5-2-1-3-6-18;2-1(3)4;2-1(3,4)8(5,6)7;1-4(2)3/h2-4,6-7,9-16,24,28H,5,8,17-18H2,1H3;1-3,5-6,8-15,23H,4,7,16-17H2;1-3,5-6,8-15,23,28H,4,7,16-17H2;1H;(H2,5,6,7);/t24-;2*23-;;;/m000.../s1. The third-order valence-electron chi connectivity index (χ3n) is 17.6. The number of nitrogens with one attached hydrogen (secondary N) is 1. The second-order valence-corrected chi connectivity index (χ2v) is 32.9. The molecule has 0 aromatic heterocycles. The minimum atomic E-state index is -5.34. The van der Waals surface area contributed by atoms with Crippen LogP contribution in [0.2, 0.25) is 0 Å². The Kier molecular flexibility index (Phi) is 32.0. The molecule has 0 bridgehead atoms. The molecule has 0 amide bonds. The van der Waals surface area contributed by atoms with Crippen LogP contribution >= 0.6 is 67.8 Å². The summed E-state index contributed by atoms with van der Waals surface area (Å²) >= 11 is 21.8. The van der Waals surface area contributed by atoms with Gasteiger partial charge in [-0.2, -0.15) is 17.9 Å². The maximum absolute atomic E-state index is 13.8. The van der Waals surface area contributed by atoms with Gasteiger partial charge in [-0.15, -0.1) is 11.6 Å². The van der Waals surface area contributed by atoms with Crippen molar-refractivity contribution < 1.29 is 65.7 Å². The zero-order valence-corrected chi connectivity index (χ0v) is 62.6. The topological polar surface area (TPSA) is 153 Å². The number of likely N-dealkylation sites (tertiary alicyclic amines) is 3. The molecule has 3 atom stereocenters. The molecule has 0 aliphatic carbocycles. The largest absolute Gasteiger partial charge is 0.511 e. The zero-order chi connectivity index (χ0) is 76.0. The minimum absolute atomic E-state index is 0.0188. The molecular formula is C75H74Cl6F9N5O6S3. The fourth-order valence-corrected chi connectivity index (χ4v) is 14.7. The number of aliphatic hydroxyl groups is 1. The number of nitrogens with two attached hydrogens (primary N) is 1. The highest BCUT2D eigenvalue weighted by Crippen LogP contribution is 2.47. The lowest BCUT2D eigenvalue weighted by Crippen LogP contribution is -2.58. The molecule has 3 saturated heterocycles. The second kappa shape index (κ2) is 39.1. The molecule has 3 aliphatic rings. The number of primary sulfonamides is 1. The molecule has 9 aromatic rings. The predicted octanol–water partition coefficient (Wildman–Crippen LogP) is 18.2. The third-order valence-corrected chi connectivity index (χ3v) is 19.6. The first kappa shape index (κ1) is 85.2. The van der Waals surface area contributed by atoms with Crippen molar-refractivity contribution in [2.45, 2.75) is 102 Å². The van der Waals surface area contributed by atoms with Gasteiger partial charge in [-0.1, -0.05) is 199 Å². The number of sulfonamides is 2. The molecule has 3 heterocycles. The van der Waals surface area contributed by atoms with Crippen LogP contribution in [0.15, 0.2) is 237 Å². The minimum Gasteiger partial charge on any atom is -0.379 e. The Balaban J connectivity index is 0.000000197. The summed E-state index contributed by atoms with van der Waals surface area (Å²) in [6.07, 6.45) is 6.45. The molecule has 3 fully saturated rings. The average Bonchev–Trinajstić information content (AvgIpc) is 1.30. The van der Waals surface area contributed by atoms with Crippen LogP contribution in [0.25, 0.3) is 0 Å². The van der Waals surface area contributed by atoms with Crippen LogP contribution in [-0.4, -0.2) is 94.7 Å². The highest BCUT2D eigenvalue weighted by molar-refractivity contribution is 8.26. The summed E-state index contributed by atoms with van der Waals surface area (Å²) in [5.74, 6) is -2.11. The highest BCUT2D eigenvalue weighted by Gasteiger charge is 2.50. The Morgan fingerprint density at radius 2 is 0.683 bits per heavy atom. The Labute approximate surface area is 632 Å². The van der Waals surface area contributed by atoms with Gasteiger partial charge < -0.3 is 5.11 Å². The lowest BCUT2D eigenvalue weighted by molar-refractivity contribution is -0.0436. The summed E-state index contributed by atoms with van der Waals surface area (Å²) in [6, 6.07) is 66.4. The van der Waals surface area contributed by atoms with Crippen molar-refractivity contribution >= 4 is 97.0 Å². The normalized spacial score (nSPS) is 16.7. The quantitative estimate of drug-likeness (QED) is 0.0459. The van der Waals surface area contributed by atoms with Crippen LogP contribution in [0.4, 0.5) is 39.5 Å². The van der Waals surface area contributed by atoms with Gasteiger partial charge in [0, 0.05) is 59.1 Å². The van der Waals surface area contributed by atoms with Crippen LogP contribution in [0.1, 0.15) is 88.6 Å². The first-order valence-electron chi connectivity index (χ1n) is 32.2. The van der Waals surface area contributed by atoms with Crippen molar-refractivity contribution in [2.24, 2.45) is 5.14 Å². The Hall–Kier alpha value is -6.10. The van der Waals surface area contributed by atoms with E-state index in [1.165, 1.54) is 83.9 Å². The predicted molar refractivity (Wildman–Crippen MR) is 397 cm³/mol. The maximum atomic E-state index is 13.8. The fraction of sp³-hybridized carbons (Fsp3) is 0.280. The van der Waals surface area contributed by atoms with E-state index in [-0.39, 0.29) is 41.4 Å². The summed E-state index contributed by atoms with van der Waals surface area (Å²) in [6.45, 7) is 4.75. The van der Waals surface area contributed by atoms with Crippen LogP contribution < -0.4 is 9.86 Å². The van der Waals surface area contributed by atoms with Crippen molar-refractivity contribution in [3.05, 3.63) is 322 Å². The summed E-state index contributed by atoms with van der Waals surface area (Å²) in [5.41, 5.74) is -0.246. The van der Waals surface area contributed by atoms with Crippen molar-refractivity contribution in [3.8, 4) is 0 Å². The van der Waals surface area contributed by atoms with Gasteiger partial charge >= 0.3 is 15.5 Å². The number of benzene rings is 9. The summed E-state index contributed by atoms with van der Waals surface area (Å²) in [4.78, 5) is 6.02. The first-order chi connectivity index (χ1) is 49.1. The van der Waals surface area contributed by atoms with Crippen LogP contribution in [0.3, 0.4) is 0 Å². The average molecular weight is 1620 g/mol. The molecule has 4 N–H and O–H groups in total. The van der Waals surface area contributed by atoms with Gasteiger partial charge in [-0.25, -0.2) is 52.5 Å². The molecular weight excluding hydrogens is 1550 g/mol. The number of hydrogen-bond donors (Lipinski definition) is 3. The van der Waals surface area contributed by atoms with Gasteiger partial charge in [-0.3, -0.25) is 14.7 Å². The van der Waals surface area contributed by atoms with Crippen molar-refractivity contribution in [1.82, 2.24) is 19.4 Å². The highest BCUT2D eigenvalue weighted by atomic mass is 36.0. The summed E-state index contributed by atoms with van der Waals surface area (Å²) in [7, 11) is -1.68. The Bertz CT molecular complexity index is 4060. The van der Waals surface area contributed by atoms with E-state index in [9.17, 15) is 61.5 Å². The van der Waals surface area contributed by atoms with E-state index in [4.69, 9.17) is 50.6 Å². The van der Waals surface area contributed by atoms with Crippen LogP contribution in [-0.2, 0) is 64.9 Å². The van der Waals surface area contributed by atoms with E-state index in [0.717, 1.165) is 94.2 Å². The molecule has 558 valence electrons. The first-order valence-corrected chi connectivity index (χ1v) is 40.1. The van der Waals surface area contributed by atoms with E-state index < -0.39 is 66.7 Å². The smallest absolute Gasteiger partial charge is 0.379 e. The van der Waals surface area contributed by atoms with Gasteiger partial charge in [0.1, 0.15) is 45.4 Å². The number of nitrogens with zero attached hydrogens (tertiary/aromatic N) is 3. The number of alkyl halides is 7. The Morgan fingerprint density at radius 1 is 0.452 bits per heavy atom. The molecule has 29 heteroatoms. The molecule has 0 unspecified atom stereocenters. The third kappa shape index (κ3) is 24.2. The van der Waals surface area contributed by atoms with Gasteiger partial charge in [0.15, 0.2) is 4.30 Å². The molecule has 0 saturated carbocycles. The molecule has 11 nitrogen and oxygen atoms in total. The van der Waals surface area contributed by atoms with Crippen molar-refractivity contribution in [1.29, 1.82) is 0 Å². The van der Waals surface area contributed by atoms with Gasteiger partial charge in [-0.05, 0) is 181 Å². The number of hydrogen-bond acceptors (Lipinski definition) is 9. The van der Waals surface area contributed by atoms with E-state index in [1.807, 2.05) is 66.7 Å². The molecule has 0 spiro atoms. The maximum Gasteiger partial charge on any atom is 0.511 e. The summed E-state index contributed by atoms with van der Waals surface area (Å²) in [5, 5.41) is 15.7. The number of halogens is 15. The van der Waals surface area contributed by atoms with Crippen molar-refractivity contribution in [2.75, 3.05) is 25.9 Å². The fourth-order valence-electron chi connectivity index (χ4n) is 13.3. The molecule has 3 aliphatic heterocycles. The van der Waals surface area contributed by atoms with E-state index in [2.05, 4.69) is 70.2 Å². The monoisotopic (exact) mass is 1620 g/mol. The Morgan fingerprint density at radius 3 is 0.952 bits per heavy atom. The molecule has 104 heavy (non-hydrogen) atoms. The van der Waals surface area contributed by atoms with Crippen LogP contribution in [0, 0.1) is 34.9 Å². The molecule has 12 rings (SSSR count). The SMILES string of the molecule is CS(=O)(=O)NC(c1ccc(F)cc1)(c1ccc(F)cc1)[C@@H]1CCCN1Cc1ccccc1.ClC(Cl)Cl.Fc1ccc(C(Cl)(c2ccc(F)cc2)[C@@H]2CCCN2Cc2ccccc2)cc1.NS(=O)(=O)C(F)(F)F.O=S(Cl)Cl.OC(c1ccc(F)cc1)(c1ccc(F)cc1)[C@@H]1CCCN1Cc1ccccc1.